The van der Waals surface area contributed by atoms with Crippen LogP contribution in [-0.2, 0) is 0 Å². The van der Waals surface area contributed by atoms with E-state index in [4.69, 9.17) is 4.42 Å². The highest BCUT2D eigenvalue weighted by atomic mass is 16.3. The van der Waals surface area contributed by atoms with Gasteiger partial charge < -0.3 is 4.42 Å². The van der Waals surface area contributed by atoms with E-state index in [2.05, 4.69) is 9.97 Å². The molecule has 0 radical (unpaired) electrons. The zero-order valence-corrected chi connectivity index (χ0v) is 9.83. The molecular weight excluding hydrogens is 240 g/mol. The molecule has 4 heteroatoms. The zero-order valence-electron chi connectivity index (χ0n) is 9.83. The number of rotatable bonds is 0. The van der Waals surface area contributed by atoms with E-state index in [1.165, 1.54) is 6.33 Å². The molecule has 0 aliphatic heterocycles. The summed E-state index contributed by atoms with van der Waals surface area (Å²) in [5, 5.41) is 2.34. The predicted octanol–water partition coefficient (Wildman–Crippen LogP) is 2.89. The Kier molecular flexibility index (Phi) is 1.94. The molecule has 0 amide bonds. The van der Waals surface area contributed by atoms with Gasteiger partial charge >= 0.3 is 0 Å². The van der Waals surface area contributed by atoms with Gasteiger partial charge in [0.15, 0.2) is 11.0 Å². The van der Waals surface area contributed by atoms with Crippen LogP contribution in [0.4, 0.5) is 0 Å². The van der Waals surface area contributed by atoms with Crippen molar-refractivity contribution < 1.29 is 4.42 Å². The minimum atomic E-state index is -0.0388. The van der Waals surface area contributed by atoms with Crippen LogP contribution in [0.2, 0.25) is 0 Å². The van der Waals surface area contributed by atoms with Crippen molar-refractivity contribution in [2.75, 3.05) is 0 Å². The van der Waals surface area contributed by atoms with Crippen molar-refractivity contribution in [2.24, 2.45) is 0 Å². The lowest BCUT2D eigenvalue weighted by Crippen LogP contribution is -1.98. The van der Waals surface area contributed by atoms with Crippen LogP contribution in [-0.4, -0.2) is 9.97 Å². The van der Waals surface area contributed by atoms with Gasteiger partial charge in [-0.3, -0.25) is 4.79 Å². The third-order valence-electron chi connectivity index (χ3n) is 3.20. The number of hydrogen-bond acceptors (Lipinski definition) is 4. The largest absolute Gasteiger partial charge is 0.452 e. The lowest BCUT2D eigenvalue weighted by atomic mass is 10.1. The first kappa shape index (κ1) is 10.2. The smallest absolute Gasteiger partial charge is 0.190 e. The number of aromatic nitrogens is 2. The first-order valence-corrected chi connectivity index (χ1v) is 5.88. The van der Waals surface area contributed by atoms with Crippen LogP contribution in [0, 0.1) is 0 Å². The second kappa shape index (κ2) is 3.62. The van der Waals surface area contributed by atoms with E-state index in [1.54, 1.807) is 18.3 Å². The van der Waals surface area contributed by atoms with E-state index in [9.17, 15) is 4.79 Å². The molecule has 4 aromatic rings. The van der Waals surface area contributed by atoms with Crippen molar-refractivity contribution in [3.05, 3.63) is 59.1 Å². The molecule has 0 aliphatic carbocycles. The minimum absolute atomic E-state index is 0.0388. The Labute approximate surface area is 107 Å². The fourth-order valence-corrected chi connectivity index (χ4v) is 2.32. The maximum Gasteiger partial charge on any atom is 0.190 e. The van der Waals surface area contributed by atoms with Gasteiger partial charge in [-0.05, 0) is 17.5 Å². The highest BCUT2D eigenvalue weighted by Gasteiger charge is 2.08. The SMILES string of the molecule is O=c1cccc2ccc3cc4ncncc4oc3c12. The van der Waals surface area contributed by atoms with E-state index >= 15 is 0 Å². The summed E-state index contributed by atoms with van der Waals surface area (Å²) >= 11 is 0. The normalized spacial score (nSPS) is 11.4. The van der Waals surface area contributed by atoms with Gasteiger partial charge in [-0.25, -0.2) is 9.97 Å². The van der Waals surface area contributed by atoms with Gasteiger partial charge in [0.25, 0.3) is 0 Å². The standard InChI is InChI=1S/C15H8N2O2/c18-12-3-1-2-9-4-5-10-6-11-13(7-16-8-17-11)19-15(10)14(9)12/h1-8H. The van der Waals surface area contributed by atoms with Crippen molar-refractivity contribution >= 4 is 32.8 Å². The molecule has 4 nitrogen and oxygen atoms in total. The van der Waals surface area contributed by atoms with Crippen molar-refractivity contribution in [1.29, 1.82) is 0 Å². The van der Waals surface area contributed by atoms with Crippen molar-refractivity contribution in [1.82, 2.24) is 9.97 Å². The maximum absolute atomic E-state index is 12.0. The zero-order chi connectivity index (χ0) is 12.8. The summed E-state index contributed by atoms with van der Waals surface area (Å²) in [6, 6.07) is 11.0. The Morgan fingerprint density at radius 2 is 1.95 bits per heavy atom. The van der Waals surface area contributed by atoms with Crippen LogP contribution >= 0.6 is 0 Å². The maximum atomic E-state index is 12.0. The van der Waals surface area contributed by atoms with Crippen molar-refractivity contribution in [3.63, 3.8) is 0 Å². The van der Waals surface area contributed by atoms with Crippen LogP contribution in [0.5, 0.6) is 0 Å². The summed E-state index contributed by atoms with van der Waals surface area (Å²) in [5.74, 6) is 0. The molecule has 90 valence electrons. The Morgan fingerprint density at radius 1 is 1.05 bits per heavy atom. The minimum Gasteiger partial charge on any atom is -0.452 e. The molecule has 0 aliphatic rings. The lowest BCUT2D eigenvalue weighted by molar-refractivity contribution is 0.660. The summed E-state index contributed by atoms with van der Waals surface area (Å²) in [5.41, 5.74) is 1.85. The van der Waals surface area contributed by atoms with Gasteiger partial charge in [0.2, 0.25) is 0 Å². The molecule has 0 saturated carbocycles. The highest BCUT2D eigenvalue weighted by Crippen LogP contribution is 2.26. The molecule has 4 rings (SSSR count). The van der Waals surface area contributed by atoms with E-state index in [1.807, 2.05) is 24.3 Å². The first-order chi connectivity index (χ1) is 9.33. The molecule has 0 N–H and O–H groups in total. The Morgan fingerprint density at radius 3 is 2.89 bits per heavy atom. The van der Waals surface area contributed by atoms with E-state index in [0.29, 0.717) is 16.6 Å². The molecule has 2 aromatic heterocycles. The van der Waals surface area contributed by atoms with Crippen molar-refractivity contribution in [2.45, 2.75) is 0 Å². The van der Waals surface area contributed by atoms with Crippen LogP contribution in [0.25, 0.3) is 32.8 Å². The summed E-state index contributed by atoms with van der Waals surface area (Å²) in [7, 11) is 0. The molecule has 2 heterocycles. The summed E-state index contributed by atoms with van der Waals surface area (Å²) in [6.45, 7) is 0. The monoisotopic (exact) mass is 248 g/mol. The number of benzene rings is 2. The van der Waals surface area contributed by atoms with Crippen molar-refractivity contribution in [3.8, 4) is 0 Å². The highest BCUT2D eigenvalue weighted by molar-refractivity contribution is 6.05. The molecule has 0 bridgehead atoms. The average molecular weight is 248 g/mol. The van der Waals surface area contributed by atoms with E-state index in [0.717, 1.165) is 16.3 Å². The van der Waals surface area contributed by atoms with Gasteiger partial charge in [-0.2, -0.15) is 0 Å². The fourth-order valence-electron chi connectivity index (χ4n) is 2.32. The van der Waals surface area contributed by atoms with Gasteiger partial charge in [0.1, 0.15) is 17.4 Å². The Bertz CT molecular complexity index is 989. The molecule has 19 heavy (non-hydrogen) atoms. The number of hydrogen-bond donors (Lipinski definition) is 0. The third-order valence-corrected chi connectivity index (χ3v) is 3.20. The van der Waals surface area contributed by atoms with E-state index in [-0.39, 0.29) is 5.43 Å². The van der Waals surface area contributed by atoms with Crippen LogP contribution in [0.15, 0.2) is 58.1 Å². The Hall–Kier alpha value is -2.75. The molecule has 2 aromatic carbocycles. The molecule has 0 spiro atoms. The number of fused-ring (bicyclic) bond motifs is 4. The predicted molar refractivity (Wildman–Crippen MR) is 73.1 cm³/mol. The molecule has 0 saturated heterocycles. The second-order valence-electron chi connectivity index (χ2n) is 4.36. The second-order valence-corrected chi connectivity index (χ2v) is 4.36. The van der Waals surface area contributed by atoms with Gasteiger partial charge in [0.05, 0.1) is 11.6 Å². The summed E-state index contributed by atoms with van der Waals surface area (Å²) < 4.78 is 5.82. The average Bonchev–Trinajstić information content (AvgIpc) is 2.45. The first-order valence-electron chi connectivity index (χ1n) is 5.88. The summed E-state index contributed by atoms with van der Waals surface area (Å²) in [4.78, 5) is 20.1. The number of nitrogens with zero attached hydrogens (tertiary/aromatic N) is 2. The molecule has 0 unspecified atom stereocenters. The van der Waals surface area contributed by atoms with Crippen LogP contribution in [0.3, 0.4) is 0 Å². The Balaban J connectivity index is 2.32. The summed E-state index contributed by atoms with van der Waals surface area (Å²) in [6.07, 6.45) is 3.08. The topological polar surface area (TPSA) is 56.0 Å². The lowest BCUT2D eigenvalue weighted by Gasteiger charge is -2.03. The fraction of sp³-hybridized carbons (Fsp3) is 0. The molecule has 0 fully saturated rings. The third kappa shape index (κ3) is 1.43. The molecule has 0 atom stereocenters. The van der Waals surface area contributed by atoms with E-state index < -0.39 is 0 Å². The van der Waals surface area contributed by atoms with Gasteiger partial charge in [0, 0.05) is 5.39 Å². The van der Waals surface area contributed by atoms with Gasteiger partial charge in [-0.1, -0.05) is 24.3 Å². The van der Waals surface area contributed by atoms with Gasteiger partial charge in [-0.15, -0.1) is 0 Å². The van der Waals surface area contributed by atoms with Crippen LogP contribution in [0.1, 0.15) is 0 Å². The quantitative estimate of drug-likeness (QED) is 0.354. The molecular formula is C15H8N2O2. The van der Waals surface area contributed by atoms with Crippen LogP contribution < -0.4 is 5.43 Å².